The van der Waals surface area contributed by atoms with Gasteiger partial charge in [-0.3, -0.25) is 0 Å². The van der Waals surface area contributed by atoms with Gasteiger partial charge in [0.2, 0.25) is 0 Å². The van der Waals surface area contributed by atoms with Crippen LogP contribution < -0.4 is 4.48 Å². The molecule has 0 aromatic heterocycles. The van der Waals surface area contributed by atoms with Crippen molar-refractivity contribution in [2.24, 2.45) is 0 Å². The quantitative estimate of drug-likeness (QED) is 0.699. The molecule has 1 aliphatic heterocycles. The molecule has 1 aromatic carbocycles. The molecule has 2 amide bonds. The van der Waals surface area contributed by atoms with Crippen LogP contribution in [0.1, 0.15) is 13.8 Å². The van der Waals surface area contributed by atoms with E-state index in [1.807, 2.05) is 37.3 Å². The smallest absolute Gasteiger partial charge is 0.230 e. The number of quaternary nitrogens is 1. The van der Waals surface area contributed by atoms with Gasteiger partial charge in [-0.15, -0.1) is 4.48 Å². The molecule has 0 saturated carbocycles. The van der Waals surface area contributed by atoms with Crippen molar-refractivity contribution in [2.45, 2.75) is 13.8 Å². The fraction of sp³-hybridized carbons (Fsp3) is 0.167. The topological polar surface area (TPSA) is 34.1 Å². The van der Waals surface area contributed by atoms with Crippen LogP contribution in [-0.2, 0) is 4.79 Å². The highest BCUT2D eigenvalue weighted by molar-refractivity contribution is 8.16. The molecule has 1 aliphatic rings. The van der Waals surface area contributed by atoms with Crippen molar-refractivity contribution in [3.05, 3.63) is 41.4 Å². The summed E-state index contributed by atoms with van der Waals surface area (Å²) in [4.78, 5) is 23.9. The van der Waals surface area contributed by atoms with Crippen LogP contribution in [0.15, 0.2) is 41.4 Å². The third kappa shape index (κ3) is 1.34. The maximum Gasteiger partial charge on any atom is 0.396 e. The Morgan fingerprint density at radius 2 is 1.88 bits per heavy atom. The summed E-state index contributed by atoms with van der Waals surface area (Å²) >= 11 is 1.09. The van der Waals surface area contributed by atoms with Crippen LogP contribution in [0.2, 0.25) is 0 Å². The molecule has 3 nitrogen and oxygen atoms in total. The summed E-state index contributed by atoms with van der Waals surface area (Å²) in [5, 5.41) is 1.59. The predicted molar refractivity (Wildman–Crippen MR) is 65.7 cm³/mol. The van der Waals surface area contributed by atoms with Gasteiger partial charge in [0.25, 0.3) is 0 Å². The monoisotopic (exact) mass is 234 g/mol. The van der Waals surface area contributed by atoms with Gasteiger partial charge in [0.1, 0.15) is 5.70 Å². The maximum absolute atomic E-state index is 12.0. The number of carbonyl (C=O) groups is 2. The minimum atomic E-state index is -0.286. The fourth-order valence-electron chi connectivity index (χ4n) is 1.96. The molecule has 2 rings (SSSR count). The van der Waals surface area contributed by atoms with Crippen LogP contribution in [0.3, 0.4) is 0 Å². The molecule has 0 aliphatic carbocycles. The SMILES string of the molecule is CC(=O)[N+]1(c2ccccc2)C(=O)SC=C1C. The molecule has 0 saturated heterocycles. The van der Waals surface area contributed by atoms with Crippen LogP contribution in [0, 0.1) is 0 Å². The van der Waals surface area contributed by atoms with E-state index in [9.17, 15) is 9.59 Å². The minimum absolute atomic E-state index is 0.156. The van der Waals surface area contributed by atoms with E-state index >= 15 is 0 Å². The summed E-state index contributed by atoms with van der Waals surface area (Å²) < 4.78 is -0.286. The third-order valence-electron chi connectivity index (χ3n) is 2.75. The van der Waals surface area contributed by atoms with Crippen LogP contribution in [0.5, 0.6) is 0 Å². The molecule has 1 heterocycles. The molecule has 0 fully saturated rings. The largest absolute Gasteiger partial charge is 0.396 e. The number of nitrogens with zero attached hydrogens (tertiary/aromatic N) is 1. The van der Waals surface area contributed by atoms with E-state index in [-0.39, 0.29) is 15.6 Å². The lowest BCUT2D eigenvalue weighted by Crippen LogP contribution is -2.51. The average molecular weight is 234 g/mol. The molecule has 1 unspecified atom stereocenters. The number of para-hydroxylation sites is 1. The highest BCUT2D eigenvalue weighted by Crippen LogP contribution is 2.39. The number of amides is 2. The predicted octanol–water partition coefficient (Wildman–Crippen LogP) is 3.27. The highest BCUT2D eigenvalue weighted by atomic mass is 32.2. The Morgan fingerprint density at radius 3 is 2.31 bits per heavy atom. The Balaban J connectivity index is 2.66. The van der Waals surface area contributed by atoms with Gasteiger partial charge in [-0.2, -0.15) is 0 Å². The first-order chi connectivity index (χ1) is 7.60. The van der Waals surface area contributed by atoms with Gasteiger partial charge in [0.05, 0.1) is 6.92 Å². The molecule has 0 spiro atoms. The second-order valence-corrected chi connectivity index (χ2v) is 4.49. The number of rotatable bonds is 1. The maximum atomic E-state index is 12.0. The van der Waals surface area contributed by atoms with Crippen molar-refractivity contribution in [1.82, 2.24) is 4.48 Å². The lowest BCUT2D eigenvalue weighted by Gasteiger charge is -2.26. The Morgan fingerprint density at radius 1 is 1.25 bits per heavy atom. The molecule has 0 N–H and O–H groups in total. The van der Waals surface area contributed by atoms with Crippen molar-refractivity contribution < 1.29 is 9.59 Å². The molecule has 16 heavy (non-hydrogen) atoms. The summed E-state index contributed by atoms with van der Waals surface area (Å²) in [6.45, 7) is 3.26. The van der Waals surface area contributed by atoms with Crippen molar-refractivity contribution in [2.75, 3.05) is 0 Å². The van der Waals surface area contributed by atoms with E-state index in [4.69, 9.17) is 0 Å². The van der Waals surface area contributed by atoms with Crippen molar-refractivity contribution in [1.29, 1.82) is 0 Å². The summed E-state index contributed by atoms with van der Waals surface area (Å²) in [7, 11) is 0. The van der Waals surface area contributed by atoms with Crippen molar-refractivity contribution >= 4 is 28.6 Å². The van der Waals surface area contributed by atoms with Crippen LogP contribution in [0.4, 0.5) is 10.5 Å². The van der Waals surface area contributed by atoms with E-state index in [0.717, 1.165) is 17.5 Å². The zero-order valence-corrected chi connectivity index (χ0v) is 9.95. The number of allylic oxidation sites excluding steroid dienone is 1. The number of carbonyl (C=O) groups excluding carboxylic acids is 2. The van der Waals surface area contributed by atoms with Gasteiger partial charge in [0, 0.05) is 36.2 Å². The van der Waals surface area contributed by atoms with E-state index < -0.39 is 0 Å². The second kappa shape index (κ2) is 3.88. The highest BCUT2D eigenvalue weighted by Gasteiger charge is 2.50. The fourth-order valence-corrected chi connectivity index (χ4v) is 2.92. The van der Waals surface area contributed by atoms with Gasteiger partial charge < -0.3 is 0 Å². The van der Waals surface area contributed by atoms with Gasteiger partial charge >= 0.3 is 11.1 Å². The lowest BCUT2D eigenvalue weighted by atomic mass is 10.2. The number of benzene rings is 1. The summed E-state index contributed by atoms with van der Waals surface area (Å²) in [6, 6.07) is 9.15. The first-order valence-electron chi connectivity index (χ1n) is 4.94. The Labute approximate surface area is 98.3 Å². The van der Waals surface area contributed by atoms with Crippen LogP contribution >= 0.6 is 11.8 Å². The normalized spacial score (nSPS) is 24.4. The molecule has 0 bridgehead atoms. The summed E-state index contributed by atoms with van der Waals surface area (Å²) in [5.74, 6) is -0.171. The number of hydrogen-bond donors (Lipinski definition) is 0. The van der Waals surface area contributed by atoms with Gasteiger partial charge in [-0.1, -0.05) is 18.2 Å². The second-order valence-electron chi connectivity index (χ2n) is 3.67. The first kappa shape index (κ1) is 11.1. The number of thioether (sulfide) groups is 1. The first-order valence-corrected chi connectivity index (χ1v) is 5.82. The lowest BCUT2D eigenvalue weighted by molar-refractivity contribution is -0.123. The van der Waals surface area contributed by atoms with Crippen LogP contribution in [0.25, 0.3) is 0 Å². The number of imide groups is 1. The number of hydrogen-bond acceptors (Lipinski definition) is 3. The minimum Gasteiger partial charge on any atom is -0.230 e. The van der Waals surface area contributed by atoms with E-state index in [2.05, 4.69) is 0 Å². The zero-order chi connectivity index (χ0) is 11.8. The summed E-state index contributed by atoms with van der Waals surface area (Å²) in [6.07, 6.45) is 0. The van der Waals surface area contributed by atoms with Gasteiger partial charge in [-0.05, 0) is 0 Å². The molecular weight excluding hydrogens is 222 g/mol. The molecule has 0 radical (unpaired) electrons. The van der Waals surface area contributed by atoms with Gasteiger partial charge in [0.15, 0.2) is 5.69 Å². The van der Waals surface area contributed by atoms with E-state index in [1.54, 1.807) is 5.41 Å². The standard InChI is InChI=1S/C12H12NO2S/c1-9-8-16-12(15)13(9,10(2)14)11-6-4-3-5-7-11/h3-8H,1-2H3/q+1. The Kier molecular flexibility index (Phi) is 2.69. The molecular formula is C12H12NO2S+. The van der Waals surface area contributed by atoms with Crippen molar-refractivity contribution in [3.63, 3.8) is 0 Å². The molecule has 1 atom stereocenters. The van der Waals surface area contributed by atoms with E-state index in [0.29, 0.717) is 5.69 Å². The van der Waals surface area contributed by atoms with Gasteiger partial charge in [-0.25, -0.2) is 9.59 Å². The third-order valence-corrected chi connectivity index (χ3v) is 3.68. The molecule has 82 valence electrons. The molecule has 4 heteroatoms. The molecule has 1 aromatic rings. The summed E-state index contributed by atoms with van der Waals surface area (Å²) in [5.41, 5.74) is 1.47. The van der Waals surface area contributed by atoms with Crippen molar-refractivity contribution in [3.8, 4) is 0 Å². The Bertz CT molecular complexity index is 481. The van der Waals surface area contributed by atoms with E-state index in [1.165, 1.54) is 6.92 Å². The zero-order valence-electron chi connectivity index (χ0n) is 9.14. The average Bonchev–Trinajstić information content (AvgIpc) is 2.57. The Hall–Kier alpha value is -1.39. The van der Waals surface area contributed by atoms with Crippen LogP contribution in [-0.4, -0.2) is 11.1 Å².